The minimum Gasteiger partial charge on any atom is -0.387 e. The molecule has 0 spiro atoms. The molecule has 1 N–H and O–H groups in total. The van der Waals surface area contributed by atoms with Crippen molar-refractivity contribution in [2.24, 2.45) is 0 Å². The molecule has 0 aromatic carbocycles. The van der Waals surface area contributed by atoms with E-state index >= 15 is 0 Å². The molecular weight excluding hydrogens is 253 g/mol. The van der Waals surface area contributed by atoms with Crippen molar-refractivity contribution in [3.8, 4) is 0 Å². The van der Waals surface area contributed by atoms with Crippen molar-refractivity contribution >= 4 is 11.3 Å². The lowest BCUT2D eigenvalue weighted by atomic mass is 10.1. The van der Waals surface area contributed by atoms with Gasteiger partial charge in [0.05, 0.1) is 6.10 Å². The number of hydrogen-bond acceptors (Lipinski definition) is 3. The molecule has 6 heteroatoms. The third-order valence-corrected chi connectivity index (χ3v) is 3.44. The summed E-state index contributed by atoms with van der Waals surface area (Å²) in [7, 11) is 0. The van der Waals surface area contributed by atoms with Gasteiger partial charge < -0.3 is 9.84 Å². The summed E-state index contributed by atoms with van der Waals surface area (Å²) in [6.45, 7) is 2.44. The van der Waals surface area contributed by atoms with E-state index in [2.05, 4.69) is 4.74 Å². The number of hydrogen-bond donors (Lipinski definition) is 1. The summed E-state index contributed by atoms with van der Waals surface area (Å²) in [5, 5.41) is 9.79. The normalized spacial score (nSPS) is 14.0. The lowest BCUT2D eigenvalue weighted by Gasteiger charge is -2.11. The SMILES string of the molecule is Cc1cc(C)c(C(O)CCOCC(F)(F)F)s1. The summed E-state index contributed by atoms with van der Waals surface area (Å²) >= 11 is 1.46. The molecule has 0 saturated heterocycles. The van der Waals surface area contributed by atoms with Gasteiger partial charge in [-0.25, -0.2) is 0 Å². The summed E-state index contributed by atoms with van der Waals surface area (Å²) in [5.41, 5.74) is 0.968. The van der Waals surface area contributed by atoms with Crippen molar-refractivity contribution in [1.82, 2.24) is 0 Å². The Morgan fingerprint density at radius 1 is 1.41 bits per heavy atom. The van der Waals surface area contributed by atoms with Crippen LogP contribution >= 0.6 is 11.3 Å². The van der Waals surface area contributed by atoms with Crippen molar-refractivity contribution in [2.45, 2.75) is 32.5 Å². The molecule has 1 aromatic rings. The molecule has 1 heterocycles. The van der Waals surface area contributed by atoms with Gasteiger partial charge in [0, 0.05) is 22.8 Å². The number of halogens is 3. The standard InChI is InChI=1S/C11H15F3O2S/c1-7-5-8(2)17-10(7)9(15)3-4-16-6-11(12,13)14/h5,9,15H,3-4,6H2,1-2H3. The summed E-state index contributed by atoms with van der Waals surface area (Å²) < 4.78 is 39.8. The average Bonchev–Trinajstić information content (AvgIpc) is 2.51. The Kier molecular flexibility index (Phi) is 4.97. The van der Waals surface area contributed by atoms with Gasteiger partial charge >= 0.3 is 6.18 Å². The second-order valence-corrected chi connectivity index (χ2v) is 5.16. The molecule has 1 rings (SSSR count). The maximum Gasteiger partial charge on any atom is 0.411 e. The highest BCUT2D eigenvalue weighted by molar-refractivity contribution is 7.12. The highest BCUT2D eigenvalue weighted by atomic mass is 32.1. The first-order valence-electron chi connectivity index (χ1n) is 5.19. The van der Waals surface area contributed by atoms with Crippen LogP contribution in [0.5, 0.6) is 0 Å². The molecule has 0 saturated carbocycles. The molecular formula is C11H15F3O2S. The monoisotopic (exact) mass is 268 g/mol. The molecule has 1 atom stereocenters. The van der Waals surface area contributed by atoms with Crippen molar-refractivity contribution < 1.29 is 23.0 Å². The van der Waals surface area contributed by atoms with E-state index in [0.717, 1.165) is 15.3 Å². The van der Waals surface area contributed by atoms with E-state index in [9.17, 15) is 18.3 Å². The molecule has 0 amide bonds. The maximum absolute atomic E-state index is 11.8. The van der Waals surface area contributed by atoms with Crippen LogP contribution in [0.15, 0.2) is 6.07 Å². The molecule has 2 nitrogen and oxygen atoms in total. The Hall–Kier alpha value is -0.590. The van der Waals surface area contributed by atoms with E-state index in [4.69, 9.17) is 0 Å². The quantitative estimate of drug-likeness (QED) is 0.830. The molecule has 0 aliphatic heterocycles. The smallest absolute Gasteiger partial charge is 0.387 e. The van der Waals surface area contributed by atoms with E-state index in [-0.39, 0.29) is 13.0 Å². The van der Waals surface area contributed by atoms with Gasteiger partial charge in [0.1, 0.15) is 6.61 Å². The first-order valence-corrected chi connectivity index (χ1v) is 6.01. The fraction of sp³-hybridized carbons (Fsp3) is 0.636. The Bertz CT molecular complexity index is 360. The van der Waals surface area contributed by atoms with E-state index in [0.29, 0.717) is 0 Å². The number of aliphatic hydroxyl groups excluding tert-OH is 1. The topological polar surface area (TPSA) is 29.5 Å². The van der Waals surface area contributed by atoms with E-state index < -0.39 is 18.9 Å². The third-order valence-electron chi connectivity index (χ3n) is 2.18. The van der Waals surface area contributed by atoms with Crippen LogP contribution in [0.3, 0.4) is 0 Å². The van der Waals surface area contributed by atoms with Crippen LogP contribution < -0.4 is 0 Å². The van der Waals surface area contributed by atoms with Crippen LogP contribution in [-0.4, -0.2) is 24.5 Å². The van der Waals surface area contributed by atoms with Gasteiger partial charge in [-0.3, -0.25) is 0 Å². The van der Waals surface area contributed by atoms with Gasteiger partial charge in [0.2, 0.25) is 0 Å². The molecule has 1 aromatic heterocycles. The Morgan fingerprint density at radius 3 is 2.53 bits per heavy atom. The zero-order valence-corrected chi connectivity index (χ0v) is 10.5. The lowest BCUT2D eigenvalue weighted by Crippen LogP contribution is -2.18. The van der Waals surface area contributed by atoms with Crippen molar-refractivity contribution in [3.63, 3.8) is 0 Å². The highest BCUT2D eigenvalue weighted by Gasteiger charge is 2.27. The van der Waals surface area contributed by atoms with Gasteiger partial charge in [-0.05, 0) is 25.5 Å². The van der Waals surface area contributed by atoms with Gasteiger partial charge in [0.15, 0.2) is 0 Å². The van der Waals surface area contributed by atoms with Crippen molar-refractivity contribution in [2.75, 3.05) is 13.2 Å². The molecule has 1 unspecified atom stereocenters. The number of thiophene rings is 1. The van der Waals surface area contributed by atoms with Crippen LogP contribution in [0, 0.1) is 13.8 Å². The highest BCUT2D eigenvalue weighted by Crippen LogP contribution is 2.29. The number of aryl methyl sites for hydroxylation is 2. The molecule has 0 radical (unpaired) electrons. The summed E-state index contributed by atoms with van der Waals surface area (Å²) in [5.74, 6) is 0. The first-order chi connectivity index (χ1) is 7.79. The van der Waals surface area contributed by atoms with E-state index in [1.165, 1.54) is 11.3 Å². The second kappa shape index (κ2) is 5.84. The van der Waals surface area contributed by atoms with Gasteiger partial charge in [0.25, 0.3) is 0 Å². The average molecular weight is 268 g/mol. The number of ether oxygens (including phenoxy) is 1. The molecule has 17 heavy (non-hydrogen) atoms. The lowest BCUT2D eigenvalue weighted by molar-refractivity contribution is -0.175. The first kappa shape index (κ1) is 14.5. The van der Waals surface area contributed by atoms with Gasteiger partial charge in [-0.2, -0.15) is 13.2 Å². The molecule has 98 valence electrons. The fourth-order valence-corrected chi connectivity index (χ4v) is 2.56. The van der Waals surface area contributed by atoms with Crippen LogP contribution in [0.1, 0.15) is 27.8 Å². The third kappa shape index (κ3) is 5.06. The van der Waals surface area contributed by atoms with Crippen molar-refractivity contribution in [1.29, 1.82) is 0 Å². The minimum absolute atomic E-state index is 0.100. The van der Waals surface area contributed by atoms with E-state index in [1.54, 1.807) is 0 Å². The van der Waals surface area contributed by atoms with Gasteiger partial charge in [-0.1, -0.05) is 0 Å². The summed E-state index contributed by atoms with van der Waals surface area (Å²) in [6.07, 6.45) is -4.88. The molecule has 0 bridgehead atoms. The largest absolute Gasteiger partial charge is 0.411 e. The molecule has 0 aliphatic carbocycles. The van der Waals surface area contributed by atoms with Gasteiger partial charge in [-0.15, -0.1) is 11.3 Å². The predicted octanol–water partition coefficient (Wildman–Crippen LogP) is 3.37. The number of aliphatic hydroxyl groups is 1. The zero-order chi connectivity index (χ0) is 13.1. The number of rotatable bonds is 5. The second-order valence-electron chi connectivity index (χ2n) is 3.88. The maximum atomic E-state index is 11.8. The van der Waals surface area contributed by atoms with Crippen LogP contribution in [0.2, 0.25) is 0 Å². The van der Waals surface area contributed by atoms with Crippen molar-refractivity contribution in [3.05, 3.63) is 21.4 Å². The fourth-order valence-electron chi connectivity index (χ4n) is 1.50. The summed E-state index contributed by atoms with van der Waals surface area (Å²) in [6, 6.07) is 1.94. The van der Waals surface area contributed by atoms with E-state index in [1.807, 2.05) is 19.9 Å². The summed E-state index contributed by atoms with van der Waals surface area (Å²) in [4.78, 5) is 1.88. The Balaban J connectivity index is 2.35. The Labute approximate surface area is 102 Å². The van der Waals surface area contributed by atoms with Crippen LogP contribution in [-0.2, 0) is 4.74 Å². The number of alkyl halides is 3. The zero-order valence-electron chi connectivity index (χ0n) is 9.67. The van der Waals surface area contributed by atoms with Crippen LogP contribution in [0.25, 0.3) is 0 Å². The molecule has 0 fully saturated rings. The Morgan fingerprint density at radius 2 is 2.06 bits per heavy atom. The predicted molar refractivity (Wildman–Crippen MR) is 60.2 cm³/mol. The minimum atomic E-state index is -4.31. The molecule has 0 aliphatic rings. The van der Waals surface area contributed by atoms with Crippen LogP contribution in [0.4, 0.5) is 13.2 Å².